The van der Waals surface area contributed by atoms with E-state index in [-0.39, 0.29) is 5.82 Å². The van der Waals surface area contributed by atoms with Crippen LogP contribution in [0.3, 0.4) is 0 Å². The molecule has 0 atom stereocenters. The van der Waals surface area contributed by atoms with Gasteiger partial charge in [0.15, 0.2) is 0 Å². The number of nitrogens with one attached hydrogen (secondary N) is 1. The average molecular weight is 290 g/mol. The minimum atomic E-state index is -0.186. The van der Waals surface area contributed by atoms with E-state index in [0.717, 1.165) is 29.9 Å². The van der Waals surface area contributed by atoms with Gasteiger partial charge in [0, 0.05) is 25.7 Å². The monoisotopic (exact) mass is 290 g/mol. The Kier molecular flexibility index (Phi) is 5.39. The van der Waals surface area contributed by atoms with Gasteiger partial charge in [-0.2, -0.15) is 0 Å². The summed E-state index contributed by atoms with van der Waals surface area (Å²) in [5.74, 6) is 0.693. The fraction of sp³-hybridized carbons (Fsp3) is 0.412. The molecule has 1 aromatic carbocycles. The molecule has 0 radical (unpaired) electrons. The Balaban J connectivity index is 2.18. The Labute approximate surface area is 125 Å². The number of benzene rings is 1. The van der Waals surface area contributed by atoms with Crippen LogP contribution in [0.25, 0.3) is 0 Å². The van der Waals surface area contributed by atoms with Crippen LogP contribution in [0.2, 0.25) is 0 Å². The Bertz CT molecular complexity index is 580. The van der Waals surface area contributed by atoms with Gasteiger partial charge in [-0.3, -0.25) is 0 Å². The van der Waals surface area contributed by atoms with Crippen molar-refractivity contribution in [3.05, 3.63) is 53.2 Å². The third-order valence-corrected chi connectivity index (χ3v) is 3.57. The molecule has 0 aliphatic rings. The van der Waals surface area contributed by atoms with Crippen molar-refractivity contribution in [2.45, 2.75) is 33.4 Å². The molecular weight excluding hydrogens is 267 g/mol. The maximum absolute atomic E-state index is 14.2. The van der Waals surface area contributed by atoms with Gasteiger partial charge in [-0.1, -0.05) is 19.1 Å². The van der Waals surface area contributed by atoms with Gasteiger partial charge in [0.05, 0.1) is 12.0 Å². The summed E-state index contributed by atoms with van der Waals surface area (Å²) < 4.78 is 19.6. The number of nitrogens with zero attached hydrogens (tertiary/aromatic N) is 1. The zero-order valence-electron chi connectivity index (χ0n) is 12.9. The first kappa shape index (κ1) is 15.6. The van der Waals surface area contributed by atoms with Crippen molar-refractivity contribution < 1.29 is 8.81 Å². The van der Waals surface area contributed by atoms with E-state index in [4.69, 9.17) is 4.42 Å². The van der Waals surface area contributed by atoms with E-state index in [1.165, 1.54) is 6.07 Å². The minimum absolute atomic E-state index is 0.186. The molecule has 0 saturated carbocycles. The van der Waals surface area contributed by atoms with Crippen LogP contribution in [0.15, 0.2) is 34.9 Å². The van der Waals surface area contributed by atoms with Crippen molar-refractivity contribution in [3.63, 3.8) is 0 Å². The van der Waals surface area contributed by atoms with E-state index >= 15 is 0 Å². The first-order valence-corrected chi connectivity index (χ1v) is 7.35. The zero-order chi connectivity index (χ0) is 15.2. The third kappa shape index (κ3) is 3.85. The molecular formula is C17H23FN2O. The van der Waals surface area contributed by atoms with Crippen molar-refractivity contribution >= 4 is 5.69 Å². The van der Waals surface area contributed by atoms with Crippen LogP contribution < -0.4 is 10.2 Å². The SMILES string of the molecule is CCCNCc1cccc(F)c1N(C)Cc1ccoc1C. The van der Waals surface area contributed by atoms with E-state index < -0.39 is 0 Å². The number of rotatable bonds is 7. The highest BCUT2D eigenvalue weighted by molar-refractivity contribution is 5.54. The van der Waals surface area contributed by atoms with Gasteiger partial charge in [-0.05, 0) is 37.6 Å². The standard InChI is InChI=1S/C17H23FN2O/c1-4-9-19-11-14-6-5-7-16(18)17(14)20(3)12-15-8-10-21-13(15)2/h5-8,10,19H,4,9,11-12H2,1-3H3. The predicted molar refractivity (Wildman–Crippen MR) is 83.9 cm³/mol. The van der Waals surface area contributed by atoms with Gasteiger partial charge in [-0.15, -0.1) is 0 Å². The summed E-state index contributed by atoms with van der Waals surface area (Å²) in [5, 5.41) is 3.33. The molecule has 0 unspecified atom stereocenters. The van der Waals surface area contributed by atoms with Crippen LogP contribution in [0.4, 0.5) is 10.1 Å². The summed E-state index contributed by atoms with van der Waals surface area (Å²) in [6.07, 6.45) is 2.73. The molecule has 1 aromatic heterocycles. The van der Waals surface area contributed by atoms with Crippen LogP contribution in [-0.4, -0.2) is 13.6 Å². The summed E-state index contributed by atoms with van der Waals surface area (Å²) in [6.45, 7) is 6.28. The molecule has 1 N–H and O–H groups in total. The fourth-order valence-corrected chi connectivity index (χ4v) is 2.44. The minimum Gasteiger partial charge on any atom is -0.469 e. The molecule has 0 bridgehead atoms. The topological polar surface area (TPSA) is 28.4 Å². The van der Waals surface area contributed by atoms with Gasteiger partial charge in [-0.25, -0.2) is 4.39 Å². The summed E-state index contributed by atoms with van der Waals surface area (Å²) in [5.41, 5.74) is 2.71. The second-order valence-corrected chi connectivity index (χ2v) is 5.28. The largest absolute Gasteiger partial charge is 0.469 e. The summed E-state index contributed by atoms with van der Waals surface area (Å²) in [4.78, 5) is 1.94. The number of aryl methyl sites for hydroxylation is 1. The molecule has 0 amide bonds. The lowest BCUT2D eigenvalue weighted by molar-refractivity contribution is 0.529. The molecule has 0 aliphatic carbocycles. The van der Waals surface area contributed by atoms with Crippen LogP contribution >= 0.6 is 0 Å². The van der Waals surface area contributed by atoms with Crippen molar-refractivity contribution in [3.8, 4) is 0 Å². The van der Waals surface area contributed by atoms with E-state index in [9.17, 15) is 4.39 Å². The molecule has 0 spiro atoms. The molecule has 3 nitrogen and oxygen atoms in total. The molecule has 1 heterocycles. The number of halogens is 1. The van der Waals surface area contributed by atoms with Gasteiger partial charge in [0.25, 0.3) is 0 Å². The highest BCUT2D eigenvalue weighted by Crippen LogP contribution is 2.25. The number of hydrogen-bond donors (Lipinski definition) is 1. The Morgan fingerprint density at radius 3 is 2.71 bits per heavy atom. The first-order chi connectivity index (χ1) is 10.1. The normalized spacial score (nSPS) is 10.9. The lowest BCUT2D eigenvalue weighted by Gasteiger charge is -2.23. The number of hydrogen-bond acceptors (Lipinski definition) is 3. The highest BCUT2D eigenvalue weighted by atomic mass is 19.1. The van der Waals surface area contributed by atoms with Crippen LogP contribution in [-0.2, 0) is 13.1 Å². The second kappa shape index (κ2) is 7.27. The highest BCUT2D eigenvalue weighted by Gasteiger charge is 2.14. The molecule has 0 saturated heterocycles. The first-order valence-electron chi connectivity index (χ1n) is 7.35. The lowest BCUT2D eigenvalue weighted by Crippen LogP contribution is -2.22. The molecule has 21 heavy (non-hydrogen) atoms. The maximum atomic E-state index is 14.2. The number of furan rings is 1. The second-order valence-electron chi connectivity index (χ2n) is 5.28. The lowest BCUT2D eigenvalue weighted by atomic mass is 10.1. The van der Waals surface area contributed by atoms with E-state index in [0.29, 0.717) is 18.8 Å². The van der Waals surface area contributed by atoms with Crippen molar-refractivity contribution in [1.29, 1.82) is 0 Å². The summed E-state index contributed by atoms with van der Waals surface area (Å²) in [6, 6.07) is 7.18. The van der Waals surface area contributed by atoms with Crippen molar-refractivity contribution in [2.24, 2.45) is 0 Å². The van der Waals surface area contributed by atoms with Gasteiger partial charge < -0.3 is 14.6 Å². The van der Waals surface area contributed by atoms with E-state index in [1.807, 2.05) is 31.0 Å². The summed E-state index contributed by atoms with van der Waals surface area (Å²) in [7, 11) is 1.91. The fourth-order valence-electron chi connectivity index (χ4n) is 2.44. The quantitative estimate of drug-likeness (QED) is 0.785. The Morgan fingerprint density at radius 2 is 2.05 bits per heavy atom. The zero-order valence-corrected chi connectivity index (χ0v) is 12.9. The average Bonchev–Trinajstić information content (AvgIpc) is 2.84. The van der Waals surface area contributed by atoms with E-state index in [1.54, 1.807) is 12.3 Å². The third-order valence-electron chi connectivity index (χ3n) is 3.57. The van der Waals surface area contributed by atoms with Crippen LogP contribution in [0.5, 0.6) is 0 Å². The van der Waals surface area contributed by atoms with Crippen molar-refractivity contribution in [2.75, 3.05) is 18.5 Å². The number of anilines is 1. The molecule has 4 heteroatoms. The van der Waals surface area contributed by atoms with Gasteiger partial charge >= 0.3 is 0 Å². The number of para-hydroxylation sites is 1. The van der Waals surface area contributed by atoms with E-state index in [2.05, 4.69) is 12.2 Å². The predicted octanol–water partition coefficient (Wildman–Crippen LogP) is 3.86. The molecule has 114 valence electrons. The maximum Gasteiger partial charge on any atom is 0.146 e. The van der Waals surface area contributed by atoms with Crippen LogP contribution in [0.1, 0.15) is 30.2 Å². The molecule has 0 fully saturated rings. The van der Waals surface area contributed by atoms with Gasteiger partial charge in [0.2, 0.25) is 0 Å². The molecule has 0 aliphatic heterocycles. The summed E-state index contributed by atoms with van der Waals surface area (Å²) >= 11 is 0. The van der Waals surface area contributed by atoms with Crippen molar-refractivity contribution in [1.82, 2.24) is 5.32 Å². The molecule has 2 aromatic rings. The smallest absolute Gasteiger partial charge is 0.146 e. The van der Waals surface area contributed by atoms with Crippen LogP contribution in [0, 0.1) is 12.7 Å². The van der Waals surface area contributed by atoms with Gasteiger partial charge in [0.1, 0.15) is 11.6 Å². The molecule has 2 rings (SSSR count). The Morgan fingerprint density at radius 1 is 1.24 bits per heavy atom. The Hall–Kier alpha value is -1.81.